The molecule has 2 aromatic rings. The zero-order chi connectivity index (χ0) is 13.8. The van der Waals surface area contributed by atoms with Crippen LogP contribution in [0.2, 0.25) is 0 Å². The maximum absolute atomic E-state index is 11.9. The summed E-state index contributed by atoms with van der Waals surface area (Å²) in [6, 6.07) is 11.2. The molecule has 0 radical (unpaired) electrons. The van der Waals surface area contributed by atoms with Crippen molar-refractivity contribution >= 4 is 11.7 Å². The average molecular weight is 256 g/mol. The number of carbonyl (C=O) groups is 2. The van der Waals surface area contributed by atoms with Gasteiger partial charge in [-0.2, -0.15) is 0 Å². The standard InChI is InChI=1S/C15H16N2O2/c1-10-3-5-12(6-4-10)9-16-15(19)14-8-7-13(17-14)11(2)18/h3-8,17H,9H2,1-2H3,(H,16,19). The summed E-state index contributed by atoms with van der Waals surface area (Å²) in [5.41, 5.74) is 3.07. The van der Waals surface area contributed by atoms with Crippen LogP contribution in [0, 0.1) is 6.92 Å². The van der Waals surface area contributed by atoms with Gasteiger partial charge in [0.05, 0.1) is 5.69 Å². The summed E-state index contributed by atoms with van der Waals surface area (Å²) in [6.07, 6.45) is 0. The van der Waals surface area contributed by atoms with E-state index < -0.39 is 0 Å². The number of amides is 1. The first-order valence-electron chi connectivity index (χ1n) is 6.10. The van der Waals surface area contributed by atoms with Gasteiger partial charge in [-0.15, -0.1) is 0 Å². The van der Waals surface area contributed by atoms with Gasteiger partial charge in [-0.25, -0.2) is 0 Å². The Balaban J connectivity index is 1.97. The lowest BCUT2D eigenvalue weighted by Crippen LogP contribution is -2.23. The predicted octanol–water partition coefficient (Wildman–Crippen LogP) is 2.46. The molecule has 0 aliphatic heterocycles. The van der Waals surface area contributed by atoms with Gasteiger partial charge in [0.2, 0.25) is 0 Å². The van der Waals surface area contributed by atoms with Crippen LogP contribution in [0.15, 0.2) is 36.4 Å². The summed E-state index contributed by atoms with van der Waals surface area (Å²) in [4.78, 5) is 25.8. The Labute approximate surface area is 111 Å². The lowest BCUT2D eigenvalue weighted by Gasteiger charge is -2.04. The minimum Gasteiger partial charge on any atom is -0.348 e. The molecule has 0 saturated heterocycles. The third-order valence-corrected chi connectivity index (χ3v) is 2.88. The Bertz CT molecular complexity index is 597. The van der Waals surface area contributed by atoms with E-state index in [0.29, 0.717) is 17.9 Å². The SMILES string of the molecule is CC(=O)c1ccc(C(=O)NCc2ccc(C)cc2)[nH]1. The summed E-state index contributed by atoms with van der Waals surface area (Å²) in [5, 5.41) is 2.81. The zero-order valence-electron chi connectivity index (χ0n) is 11.0. The molecule has 2 N–H and O–H groups in total. The summed E-state index contributed by atoms with van der Waals surface area (Å²) in [5.74, 6) is -0.300. The fraction of sp³-hybridized carbons (Fsp3) is 0.200. The number of hydrogen-bond acceptors (Lipinski definition) is 2. The molecule has 1 aromatic heterocycles. The van der Waals surface area contributed by atoms with Crippen LogP contribution in [0.1, 0.15) is 39.0 Å². The number of nitrogens with one attached hydrogen (secondary N) is 2. The number of aromatic nitrogens is 1. The predicted molar refractivity (Wildman–Crippen MR) is 73.1 cm³/mol. The number of rotatable bonds is 4. The second kappa shape index (κ2) is 5.52. The highest BCUT2D eigenvalue weighted by Gasteiger charge is 2.09. The molecular weight excluding hydrogens is 240 g/mol. The molecule has 0 fully saturated rings. The van der Waals surface area contributed by atoms with Crippen LogP contribution >= 0.6 is 0 Å². The lowest BCUT2D eigenvalue weighted by atomic mass is 10.1. The van der Waals surface area contributed by atoms with E-state index in [0.717, 1.165) is 5.56 Å². The number of H-pyrrole nitrogens is 1. The Hall–Kier alpha value is -2.36. The Kier molecular flexibility index (Phi) is 3.80. The molecule has 1 aromatic carbocycles. The van der Waals surface area contributed by atoms with Gasteiger partial charge < -0.3 is 10.3 Å². The van der Waals surface area contributed by atoms with Crippen molar-refractivity contribution in [3.05, 3.63) is 58.9 Å². The van der Waals surface area contributed by atoms with E-state index in [-0.39, 0.29) is 11.7 Å². The molecule has 0 atom stereocenters. The minimum absolute atomic E-state index is 0.0856. The maximum atomic E-state index is 11.9. The van der Waals surface area contributed by atoms with Crippen LogP contribution in [0.25, 0.3) is 0 Å². The molecule has 2 rings (SSSR count). The molecule has 19 heavy (non-hydrogen) atoms. The van der Waals surface area contributed by atoms with E-state index in [2.05, 4.69) is 10.3 Å². The van der Waals surface area contributed by atoms with Crippen LogP contribution in [0.3, 0.4) is 0 Å². The van der Waals surface area contributed by atoms with Crippen molar-refractivity contribution in [1.82, 2.24) is 10.3 Å². The van der Waals surface area contributed by atoms with Crippen LogP contribution in [-0.2, 0) is 6.54 Å². The second-order valence-electron chi connectivity index (χ2n) is 4.51. The van der Waals surface area contributed by atoms with Gasteiger partial charge in [-0.05, 0) is 24.6 Å². The van der Waals surface area contributed by atoms with Crippen LogP contribution in [-0.4, -0.2) is 16.7 Å². The largest absolute Gasteiger partial charge is 0.348 e. The van der Waals surface area contributed by atoms with Gasteiger partial charge in [0.1, 0.15) is 5.69 Å². The number of Topliss-reactive ketones (excluding diaryl/α,β-unsaturated/α-hetero) is 1. The summed E-state index contributed by atoms with van der Waals surface area (Å²) < 4.78 is 0. The van der Waals surface area contributed by atoms with E-state index in [1.807, 2.05) is 31.2 Å². The molecule has 4 heteroatoms. The molecule has 0 saturated carbocycles. The van der Waals surface area contributed by atoms with Gasteiger partial charge in [-0.3, -0.25) is 9.59 Å². The van der Waals surface area contributed by atoms with E-state index in [1.54, 1.807) is 12.1 Å². The molecule has 0 aliphatic rings. The molecule has 4 nitrogen and oxygen atoms in total. The number of benzene rings is 1. The molecule has 98 valence electrons. The van der Waals surface area contributed by atoms with Gasteiger partial charge >= 0.3 is 0 Å². The van der Waals surface area contributed by atoms with Gasteiger partial charge in [0, 0.05) is 13.5 Å². The molecule has 0 aliphatic carbocycles. The topological polar surface area (TPSA) is 62.0 Å². The highest BCUT2D eigenvalue weighted by molar-refractivity contribution is 5.97. The first-order chi connectivity index (χ1) is 9.06. The van der Waals surface area contributed by atoms with Crippen LogP contribution in [0.4, 0.5) is 0 Å². The van der Waals surface area contributed by atoms with Gasteiger partial charge in [0.15, 0.2) is 5.78 Å². The van der Waals surface area contributed by atoms with Crippen molar-refractivity contribution in [3.8, 4) is 0 Å². The zero-order valence-corrected chi connectivity index (χ0v) is 11.0. The quantitative estimate of drug-likeness (QED) is 0.825. The van der Waals surface area contributed by atoms with E-state index >= 15 is 0 Å². The van der Waals surface area contributed by atoms with Crippen molar-refractivity contribution in [1.29, 1.82) is 0 Å². The first-order valence-corrected chi connectivity index (χ1v) is 6.10. The van der Waals surface area contributed by atoms with E-state index in [1.165, 1.54) is 12.5 Å². The normalized spacial score (nSPS) is 10.2. The highest BCUT2D eigenvalue weighted by Crippen LogP contribution is 2.05. The van der Waals surface area contributed by atoms with Crippen molar-refractivity contribution in [3.63, 3.8) is 0 Å². The highest BCUT2D eigenvalue weighted by atomic mass is 16.2. The summed E-state index contributed by atoms with van der Waals surface area (Å²) >= 11 is 0. The Morgan fingerprint density at radius 3 is 2.26 bits per heavy atom. The fourth-order valence-electron chi connectivity index (χ4n) is 1.72. The summed E-state index contributed by atoms with van der Waals surface area (Å²) in [6.45, 7) is 3.94. The smallest absolute Gasteiger partial charge is 0.267 e. The van der Waals surface area contributed by atoms with Crippen molar-refractivity contribution < 1.29 is 9.59 Å². The number of carbonyl (C=O) groups excluding carboxylic acids is 2. The number of aromatic amines is 1. The number of aryl methyl sites for hydroxylation is 1. The fourth-order valence-corrected chi connectivity index (χ4v) is 1.72. The molecule has 1 heterocycles. The molecular formula is C15H16N2O2. The van der Waals surface area contributed by atoms with Crippen LogP contribution in [0.5, 0.6) is 0 Å². The van der Waals surface area contributed by atoms with Gasteiger partial charge in [-0.1, -0.05) is 29.8 Å². The van der Waals surface area contributed by atoms with Crippen molar-refractivity contribution in [2.45, 2.75) is 20.4 Å². The third kappa shape index (κ3) is 3.31. The second-order valence-corrected chi connectivity index (χ2v) is 4.51. The van der Waals surface area contributed by atoms with Gasteiger partial charge in [0.25, 0.3) is 5.91 Å². The average Bonchev–Trinajstić information content (AvgIpc) is 2.87. The number of ketones is 1. The van der Waals surface area contributed by atoms with Crippen molar-refractivity contribution in [2.75, 3.05) is 0 Å². The lowest BCUT2D eigenvalue weighted by molar-refractivity contribution is 0.0946. The first kappa shape index (κ1) is 13.1. The molecule has 0 spiro atoms. The number of hydrogen-bond donors (Lipinski definition) is 2. The van der Waals surface area contributed by atoms with E-state index in [4.69, 9.17) is 0 Å². The Morgan fingerprint density at radius 2 is 1.68 bits per heavy atom. The minimum atomic E-state index is -0.215. The van der Waals surface area contributed by atoms with Crippen molar-refractivity contribution in [2.24, 2.45) is 0 Å². The van der Waals surface area contributed by atoms with Crippen LogP contribution < -0.4 is 5.32 Å². The third-order valence-electron chi connectivity index (χ3n) is 2.88. The summed E-state index contributed by atoms with van der Waals surface area (Å²) in [7, 11) is 0. The maximum Gasteiger partial charge on any atom is 0.267 e. The molecule has 0 bridgehead atoms. The molecule has 1 amide bonds. The molecule has 0 unspecified atom stereocenters. The Morgan fingerprint density at radius 1 is 1.05 bits per heavy atom. The monoisotopic (exact) mass is 256 g/mol. The van der Waals surface area contributed by atoms with E-state index in [9.17, 15) is 9.59 Å².